The molecule has 0 aliphatic carbocycles. The molecule has 4 aromatic rings. The van der Waals surface area contributed by atoms with Crippen molar-refractivity contribution < 1.29 is 9.21 Å². The number of amides is 1. The maximum atomic E-state index is 13.4. The van der Waals surface area contributed by atoms with Gasteiger partial charge in [-0.3, -0.25) is 14.2 Å². The van der Waals surface area contributed by atoms with Gasteiger partial charge in [0, 0.05) is 30.2 Å². The predicted octanol–water partition coefficient (Wildman–Crippen LogP) is 5.05. The average Bonchev–Trinajstić information content (AvgIpc) is 3.45. The summed E-state index contributed by atoms with van der Waals surface area (Å²) in [6.45, 7) is 5.89. The van der Waals surface area contributed by atoms with Crippen LogP contribution < -0.4 is 10.5 Å². The number of carbonyl (C=O) groups is 1. The normalized spacial score (nSPS) is 12.1. The molecular formula is C23H21N3O3S2. The molecule has 0 aliphatic rings. The van der Waals surface area contributed by atoms with Crippen LogP contribution in [0.25, 0.3) is 21.5 Å². The molecule has 31 heavy (non-hydrogen) atoms. The number of allylic oxidation sites excluding steroid dienone is 1. The monoisotopic (exact) mass is 451 g/mol. The second kappa shape index (κ2) is 8.95. The zero-order chi connectivity index (χ0) is 22.0. The molecule has 4 rings (SSSR count). The van der Waals surface area contributed by atoms with Gasteiger partial charge in [0.15, 0.2) is 5.16 Å². The maximum Gasteiger partial charge on any atom is 0.263 e. The number of hydrogen-bond donors (Lipinski definition) is 0. The number of thioether (sulfide) groups is 1. The van der Waals surface area contributed by atoms with E-state index in [1.165, 1.54) is 23.1 Å². The lowest BCUT2D eigenvalue weighted by atomic mass is 10.2. The topological polar surface area (TPSA) is 68.3 Å². The summed E-state index contributed by atoms with van der Waals surface area (Å²) in [4.78, 5) is 33.3. The number of thiophene rings is 1. The van der Waals surface area contributed by atoms with Gasteiger partial charge in [-0.15, -0.1) is 17.9 Å². The SMILES string of the molecule is C=CCn1c(S[C@@H](C)C(=O)N(C)c2ccccc2)nc2scc(-c3ccco3)c2c1=O. The molecule has 1 amide bonds. The van der Waals surface area contributed by atoms with E-state index in [2.05, 4.69) is 6.58 Å². The molecule has 1 aromatic carbocycles. The van der Waals surface area contributed by atoms with Crippen molar-refractivity contribution in [2.45, 2.75) is 23.9 Å². The molecule has 3 aromatic heterocycles. The van der Waals surface area contributed by atoms with Crippen molar-refractivity contribution in [3.05, 3.63) is 77.1 Å². The van der Waals surface area contributed by atoms with E-state index < -0.39 is 5.25 Å². The Morgan fingerprint density at radius 1 is 1.32 bits per heavy atom. The minimum Gasteiger partial charge on any atom is -0.464 e. The quantitative estimate of drug-likeness (QED) is 0.223. The summed E-state index contributed by atoms with van der Waals surface area (Å²) in [6, 6.07) is 13.1. The smallest absolute Gasteiger partial charge is 0.263 e. The summed E-state index contributed by atoms with van der Waals surface area (Å²) >= 11 is 2.66. The number of hydrogen-bond acceptors (Lipinski definition) is 6. The van der Waals surface area contributed by atoms with Crippen molar-refractivity contribution in [1.82, 2.24) is 9.55 Å². The number of para-hydroxylation sites is 1. The molecule has 3 heterocycles. The van der Waals surface area contributed by atoms with E-state index >= 15 is 0 Å². The third kappa shape index (κ3) is 4.08. The third-order valence-corrected chi connectivity index (χ3v) is 6.81. The fourth-order valence-electron chi connectivity index (χ4n) is 3.26. The summed E-state index contributed by atoms with van der Waals surface area (Å²) in [5.41, 5.74) is 1.37. The lowest BCUT2D eigenvalue weighted by Gasteiger charge is -2.21. The fourth-order valence-corrected chi connectivity index (χ4v) is 5.24. The van der Waals surface area contributed by atoms with Gasteiger partial charge in [-0.05, 0) is 31.2 Å². The van der Waals surface area contributed by atoms with Crippen molar-refractivity contribution in [3.8, 4) is 11.3 Å². The van der Waals surface area contributed by atoms with Crippen LogP contribution in [-0.2, 0) is 11.3 Å². The van der Waals surface area contributed by atoms with Crippen LogP contribution in [0.2, 0.25) is 0 Å². The Balaban J connectivity index is 1.70. The van der Waals surface area contributed by atoms with Crippen LogP contribution in [0.1, 0.15) is 6.92 Å². The Labute approximate surface area is 187 Å². The first-order chi connectivity index (χ1) is 15.0. The number of fused-ring (bicyclic) bond motifs is 1. The number of anilines is 1. The second-order valence-corrected chi connectivity index (χ2v) is 9.06. The molecule has 1 atom stereocenters. The highest BCUT2D eigenvalue weighted by Gasteiger charge is 2.24. The van der Waals surface area contributed by atoms with Crippen molar-refractivity contribution in [2.75, 3.05) is 11.9 Å². The Morgan fingerprint density at radius 3 is 2.77 bits per heavy atom. The van der Waals surface area contributed by atoms with Gasteiger partial charge in [-0.2, -0.15) is 0 Å². The summed E-state index contributed by atoms with van der Waals surface area (Å²) in [6.07, 6.45) is 3.23. The third-order valence-electron chi connectivity index (χ3n) is 4.86. The summed E-state index contributed by atoms with van der Waals surface area (Å²) in [5.74, 6) is 0.557. The van der Waals surface area contributed by atoms with Gasteiger partial charge in [0.2, 0.25) is 5.91 Å². The van der Waals surface area contributed by atoms with E-state index in [4.69, 9.17) is 9.40 Å². The molecule has 0 saturated heterocycles. The number of nitrogens with zero attached hydrogens (tertiary/aromatic N) is 3. The molecule has 8 heteroatoms. The van der Waals surface area contributed by atoms with Gasteiger partial charge in [-0.25, -0.2) is 4.98 Å². The van der Waals surface area contributed by atoms with Gasteiger partial charge < -0.3 is 9.32 Å². The van der Waals surface area contributed by atoms with Crippen LogP contribution >= 0.6 is 23.1 Å². The molecule has 0 fully saturated rings. The zero-order valence-electron chi connectivity index (χ0n) is 17.1. The minimum absolute atomic E-state index is 0.0712. The van der Waals surface area contributed by atoms with Gasteiger partial charge >= 0.3 is 0 Å². The maximum absolute atomic E-state index is 13.4. The van der Waals surface area contributed by atoms with E-state index in [1.807, 2.05) is 48.7 Å². The van der Waals surface area contributed by atoms with E-state index in [1.54, 1.807) is 34.9 Å². The molecule has 6 nitrogen and oxygen atoms in total. The van der Waals surface area contributed by atoms with E-state index in [0.717, 1.165) is 11.3 Å². The highest BCUT2D eigenvalue weighted by molar-refractivity contribution is 8.00. The molecule has 0 N–H and O–H groups in total. The van der Waals surface area contributed by atoms with E-state index in [-0.39, 0.29) is 11.5 Å². The number of aromatic nitrogens is 2. The standard InChI is InChI=1S/C23H21N3O3S2/c1-4-12-26-22(28)19-17(18-11-8-13-29-18)14-30-20(19)24-23(26)31-15(2)21(27)25(3)16-9-6-5-7-10-16/h4-11,13-15H,1,12H2,2-3H3/t15-/m0/s1. The first-order valence-corrected chi connectivity index (χ1v) is 11.4. The Kier molecular flexibility index (Phi) is 6.11. The number of furan rings is 1. The van der Waals surface area contributed by atoms with Gasteiger partial charge in [-0.1, -0.05) is 36.0 Å². The lowest BCUT2D eigenvalue weighted by Crippen LogP contribution is -2.34. The van der Waals surface area contributed by atoms with Crippen molar-refractivity contribution in [1.29, 1.82) is 0 Å². The van der Waals surface area contributed by atoms with Crippen molar-refractivity contribution in [2.24, 2.45) is 0 Å². The van der Waals surface area contributed by atoms with Gasteiger partial charge in [0.05, 0.1) is 16.9 Å². The van der Waals surface area contributed by atoms with E-state index in [9.17, 15) is 9.59 Å². The zero-order valence-corrected chi connectivity index (χ0v) is 18.8. The fraction of sp³-hybridized carbons (Fsp3) is 0.174. The Bertz CT molecular complexity index is 1280. The minimum atomic E-state index is -0.435. The van der Waals surface area contributed by atoms with Gasteiger partial charge in [0.25, 0.3) is 5.56 Å². The van der Waals surface area contributed by atoms with Gasteiger partial charge in [0.1, 0.15) is 10.6 Å². The first-order valence-electron chi connectivity index (χ1n) is 9.67. The largest absolute Gasteiger partial charge is 0.464 e. The van der Waals surface area contributed by atoms with Crippen LogP contribution in [0.3, 0.4) is 0 Å². The Hall–Kier alpha value is -3.10. The molecular weight excluding hydrogens is 430 g/mol. The molecule has 0 saturated carbocycles. The van der Waals surface area contributed by atoms with E-state index in [0.29, 0.717) is 27.7 Å². The van der Waals surface area contributed by atoms with Crippen LogP contribution in [0.15, 0.2) is 81.1 Å². The average molecular weight is 452 g/mol. The highest BCUT2D eigenvalue weighted by Crippen LogP contribution is 2.33. The Morgan fingerprint density at radius 2 is 2.10 bits per heavy atom. The van der Waals surface area contributed by atoms with Crippen molar-refractivity contribution in [3.63, 3.8) is 0 Å². The van der Waals surface area contributed by atoms with Crippen LogP contribution in [-0.4, -0.2) is 27.8 Å². The lowest BCUT2D eigenvalue weighted by molar-refractivity contribution is -0.117. The summed E-state index contributed by atoms with van der Waals surface area (Å²) in [7, 11) is 1.75. The second-order valence-electron chi connectivity index (χ2n) is 6.90. The number of carbonyl (C=O) groups excluding carboxylic acids is 1. The number of benzene rings is 1. The first kappa shape index (κ1) is 21.1. The molecule has 0 aliphatic heterocycles. The summed E-state index contributed by atoms with van der Waals surface area (Å²) in [5, 5.41) is 2.46. The number of rotatable bonds is 7. The molecule has 0 radical (unpaired) electrons. The highest BCUT2D eigenvalue weighted by atomic mass is 32.2. The van der Waals surface area contributed by atoms with Crippen LogP contribution in [0.5, 0.6) is 0 Å². The summed E-state index contributed by atoms with van der Waals surface area (Å²) < 4.78 is 7.05. The van der Waals surface area contributed by atoms with Crippen molar-refractivity contribution >= 4 is 44.9 Å². The molecule has 0 spiro atoms. The van der Waals surface area contributed by atoms with Crippen LogP contribution in [0.4, 0.5) is 5.69 Å². The predicted molar refractivity (Wildman–Crippen MR) is 127 cm³/mol. The van der Waals surface area contributed by atoms with Crippen LogP contribution in [0, 0.1) is 0 Å². The molecule has 158 valence electrons. The molecule has 0 bridgehead atoms. The molecule has 0 unspecified atom stereocenters.